The van der Waals surface area contributed by atoms with Crippen LogP contribution in [0.1, 0.15) is 61.9 Å². The molecule has 4 rings (SSSR count). The molecule has 2 aliphatic heterocycles. The number of rotatable bonds is 11. The Bertz CT molecular complexity index is 1160. The van der Waals surface area contributed by atoms with Gasteiger partial charge in [0.25, 0.3) is 0 Å². The van der Waals surface area contributed by atoms with E-state index in [2.05, 4.69) is 15.5 Å². The van der Waals surface area contributed by atoms with Gasteiger partial charge in [-0.15, -0.1) is 0 Å². The first-order valence-electron chi connectivity index (χ1n) is 14.3. The number of ether oxygens (including phenoxy) is 1. The summed E-state index contributed by atoms with van der Waals surface area (Å²) >= 11 is 0. The fourth-order valence-corrected chi connectivity index (χ4v) is 5.71. The van der Waals surface area contributed by atoms with Crippen molar-refractivity contribution in [1.29, 1.82) is 0 Å². The Morgan fingerprint density at radius 1 is 1.00 bits per heavy atom. The van der Waals surface area contributed by atoms with Crippen LogP contribution in [-0.4, -0.2) is 77.3 Å². The number of amides is 3. The van der Waals surface area contributed by atoms with Crippen LogP contribution in [0.25, 0.3) is 0 Å². The highest BCUT2D eigenvalue weighted by atomic mass is 16.5. The lowest BCUT2D eigenvalue weighted by atomic mass is 9.80. The molecule has 9 nitrogen and oxygen atoms in total. The minimum Gasteiger partial charge on any atom is -0.445 e. The third kappa shape index (κ3) is 6.70. The number of carbonyl (C=O) groups is 4. The number of likely N-dealkylation sites (tertiary alicyclic amines) is 1. The van der Waals surface area contributed by atoms with Gasteiger partial charge in [-0.3, -0.25) is 19.3 Å². The molecule has 2 aromatic rings. The van der Waals surface area contributed by atoms with E-state index >= 15 is 0 Å². The normalized spacial score (nSPS) is 19.6. The van der Waals surface area contributed by atoms with Gasteiger partial charge in [0.1, 0.15) is 18.2 Å². The van der Waals surface area contributed by atoms with Gasteiger partial charge >= 0.3 is 6.09 Å². The van der Waals surface area contributed by atoms with E-state index in [-0.39, 0.29) is 30.7 Å². The van der Waals surface area contributed by atoms with Crippen LogP contribution in [-0.2, 0) is 20.9 Å². The molecule has 0 aromatic heterocycles. The number of ketones is 1. The molecule has 1 spiro atoms. The SMILES string of the molecule is CCC[C@H](NC(=O)OCc1ccccc1)[C@@H]1NC(=O)C2(CCN(CC(=O)c3ccccc3)CC2)N(CCC)C1=O. The average molecular weight is 549 g/mol. The van der Waals surface area contributed by atoms with E-state index in [1.807, 2.05) is 74.5 Å². The zero-order valence-electron chi connectivity index (χ0n) is 23.4. The topological polar surface area (TPSA) is 108 Å². The fourth-order valence-electron chi connectivity index (χ4n) is 5.71. The summed E-state index contributed by atoms with van der Waals surface area (Å²) in [5.74, 6) is -0.337. The fraction of sp³-hybridized carbons (Fsp3) is 0.484. The van der Waals surface area contributed by atoms with Crippen molar-refractivity contribution in [3.8, 4) is 0 Å². The molecule has 40 heavy (non-hydrogen) atoms. The van der Waals surface area contributed by atoms with Crippen molar-refractivity contribution in [2.45, 2.75) is 70.2 Å². The number of hydrogen-bond acceptors (Lipinski definition) is 6. The molecule has 2 atom stereocenters. The van der Waals surface area contributed by atoms with E-state index in [1.54, 1.807) is 4.90 Å². The molecule has 0 saturated carbocycles. The minimum absolute atomic E-state index is 0.0406. The third-order valence-corrected chi connectivity index (χ3v) is 7.87. The average Bonchev–Trinajstić information content (AvgIpc) is 2.98. The van der Waals surface area contributed by atoms with Crippen molar-refractivity contribution in [2.75, 3.05) is 26.2 Å². The Morgan fingerprint density at radius 3 is 2.27 bits per heavy atom. The number of benzene rings is 2. The Kier molecular flexibility index (Phi) is 9.93. The van der Waals surface area contributed by atoms with Crippen molar-refractivity contribution in [3.05, 3.63) is 71.8 Å². The molecular weight excluding hydrogens is 508 g/mol. The predicted octanol–water partition coefficient (Wildman–Crippen LogP) is 3.54. The first-order valence-corrected chi connectivity index (χ1v) is 14.3. The highest BCUT2D eigenvalue weighted by Gasteiger charge is 2.54. The Labute approximate surface area is 236 Å². The smallest absolute Gasteiger partial charge is 0.407 e. The number of hydrogen-bond donors (Lipinski definition) is 2. The summed E-state index contributed by atoms with van der Waals surface area (Å²) in [5.41, 5.74) is 0.570. The monoisotopic (exact) mass is 548 g/mol. The molecule has 0 aliphatic carbocycles. The molecule has 2 aliphatic rings. The highest BCUT2D eigenvalue weighted by molar-refractivity contribution is 6.01. The zero-order chi connectivity index (χ0) is 28.5. The summed E-state index contributed by atoms with van der Waals surface area (Å²) in [6, 6.07) is 17.1. The summed E-state index contributed by atoms with van der Waals surface area (Å²) in [6.45, 7) is 5.86. The van der Waals surface area contributed by atoms with Crippen LogP contribution in [0.4, 0.5) is 4.79 Å². The van der Waals surface area contributed by atoms with Crippen LogP contribution in [0.15, 0.2) is 60.7 Å². The first kappa shape index (κ1) is 29.3. The van der Waals surface area contributed by atoms with Gasteiger partial charge in [-0.2, -0.15) is 0 Å². The van der Waals surface area contributed by atoms with Gasteiger partial charge in [0.15, 0.2) is 5.78 Å². The summed E-state index contributed by atoms with van der Waals surface area (Å²) in [5, 5.41) is 5.81. The molecular formula is C31H40N4O5. The van der Waals surface area contributed by atoms with E-state index in [4.69, 9.17) is 4.74 Å². The van der Waals surface area contributed by atoms with Crippen LogP contribution < -0.4 is 10.6 Å². The molecule has 2 heterocycles. The zero-order valence-corrected chi connectivity index (χ0v) is 23.4. The number of piperazine rings is 1. The van der Waals surface area contributed by atoms with Crippen molar-refractivity contribution in [3.63, 3.8) is 0 Å². The first-order chi connectivity index (χ1) is 19.4. The Balaban J connectivity index is 1.42. The second kappa shape index (κ2) is 13.6. The molecule has 0 unspecified atom stereocenters. The van der Waals surface area contributed by atoms with E-state index < -0.39 is 23.7 Å². The lowest BCUT2D eigenvalue weighted by Gasteiger charge is -2.52. The van der Waals surface area contributed by atoms with Crippen molar-refractivity contribution < 1.29 is 23.9 Å². The van der Waals surface area contributed by atoms with Crippen molar-refractivity contribution in [1.82, 2.24) is 20.4 Å². The van der Waals surface area contributed by atoms with Gasteiger partial charge in [-0.1, -0.05) is 80.9 Å². The highest BCUT2D eigenvalue weighted by Crippen LogP contribution is 2.34. The summed E-state index contributed by atoms with van der Waals surface area (Å²) in [6.07, 6.45) is 2.21. The molecule has 214 valence electrons. The number of nitrogens with one attached hydrogen (secondary N) is 2. The second-order valence-electron chi connectivity index (χ2n) is 10.6. The quantitative estimate of drug-likeness (QED) is 0.416. The molecule has 2 saturated heterocycles. The van der Waals surface area contributed by atoms with Crippen LogP contribution in [0, 0.1) is 0 Å². The van der Waals surface area contributed by atoms with Crippen LogP contribution >= 0.6 is 0 Å². The Morgan fingerprint density at radius 2 is 1.65 bits per heavy atom. The molecule has 0 radical (unpaired) electrons. The number of Topliss-reactive ketones (excluding diaryl/α,β-unsaturated/α-hetero) is 1. The summed E-state index contributed by atoms with van der Waals surface area (Å²) in [7, 11) is 0. The minimum atomic E-state index is -0.958. The molecule has 2 N–H and O–H groups in total. The summed E-state index contributed by atoms with van der Waals surface area (Å²) < 4.78 is 5.40. The number of nitrogens with zero attached hydrogens (tertiary/aromatic N) is 2. The molecule has 2 fully saturated rings. The third-order valence-electron chi connectivity index (χ3n) is 7.87. The van der Waals surface area contributed by atoms with E-state index in [0.717, 1.165) is 5.56 Å². The number of carbonyl (C=O) groups excluding carboxylic acids is 4. The van der Waals surface area contributed by atoms with Gasteiger partial charge in [0, 0.05) is 25.2 Å². The lowest BCUT2D eigenvalue weighted by molar-refractivity contribution is -0.162. The molecule has 9 heteroatoms. The lowest BCUT2D eigenvalue weighted by Crippen LogP contribution is -2.75. The van der Waals surface area contributed by atoms with Gasteiger partial charge in [0.05, 0.1) is 12.6 Å². The van der Waals surface area contributed by atoms with Gasteiger partial charge in [-0.25, -0.2) is 4.79 Å². The van der Waals surface area contributed by atoms with Gasteiger partial charge < -0.3 is 20.3 Å². The van der Waals surface area contributed by atoms with E-state index in [1.165, 1.54) is 0 Å². The maximum absolute atomic E-state index is 13.9. The van der Waals surface area contributed by atoms with Crippen LogP contribution in [0.3, 0.4) is 0 Å². The largest absolute Gasteiger partial charge is 0.445 e. The van der Waals surface area contributed by atoms with Crippen molar-refractivity contribution in [2.24, 2.45) is 0 Å². The van der Waals surface area contributed by atoms with Crippen LogP contribution in [0.2, 0.25) is 0 Å². The molecule has 3 amide bonds. The molecule has 0 bridgehead atoms. The van der Waals surface area contributed by atoms with E-state index in [9.17, 15) is 19.2 Å². The second-order valence-corrected chi connectivity index (χ2v) is 10.6. The predicted molar refractivity (Wildman–Crippen MR) is 152 cm³/mol. The van der Waals surface area contributed by atoms with Gasteiger partial charge in [0.2, 0.25) is 11.8 Å². The number of piperidine rings is 1. The standard InChI is InChI=1S/C31H40N4O5/c1-3-11-25(32-30(39)40-22-23-12-7-5-8-13-23)27-28(37)35(18-4-2)31(29(38)33-27)16-19-34(20-17-31)21-26(36)24-14-9-6-10-15-24/h5-10,12-15,25,27H,3-4,11,16-22H2,1-2H3,(H,32,39)(H,33,38)/t25-,27-/m0/s1. The maximum Gasteiger partial charge on any atom is 0.407 e. The van der Waals surface area contributed by atoms with Gasteiger partial charge in [-0.05, 0) is 31.2 Å². The molecule has 2 aromatic carbocycles. The summed E-state index contributed by atoms with van der Waals surface area (Å²) in [4.78, 5) is 56.8. The van der Waals surface area contributed by atoms with E-state index in [0.29, 0.717) is 57.3 Å². The Hall–Kier alpha value is -3.72. The van der Waals surface area contributed by atoms with Crippen molar-refractivity contribution >= 4 is 23.7 Å². The number of alkyl carbamates (subject to hydrolysis) is 1. The van der Waals surface area contributed by atoms with Crippen LogP contribution in [0.5, 0.6) is 0 Å². The maximum atomic E-state index is 13.9.